The number of pyridine rings is 1. The summed E-state index contributed by atoms with van der Waals surface area (Å²) in [7, 11) is -1.16. The molecule has 10 heteroatoms. The molecular weight excluding hydrogens is 564 g/mol. The minimum absolute atomic E-state index is 0.0208. The van der Waals surface area contributed by atoms with Gasteiger partial charge in [0.2, 0.25) is 15.9 Å². The molecule has 3 aromatic carbocycles. The van der Waals surface area contributed by atoms with Gasteiger partial charge in [0.1, 0.15) is 6.04 Å². The SMILES string of the molecule is COc1ccc(S(=O)(=O)NC(Cc2cccnc2)C(=O)N2CCN(C(c3ccccc3)c3ccccc3)CC2)cc1OC. The maximum atomic E-state index is 14.0. The van der Waals surface area contributed by atoms with E-state index in [1.165, 1.54) is 43.5 Å². The smallest absolute Gasteiger partial charge is 0.241 e. The number of benzene rings is 3. The van der Waals surface area contributed by atoms with Crippen molar-refractivity contribution >= 4 is 15.9 Å². The van der Waals surface area contributed by atoms with Crippen LogP contribution in [0.25, 0.3) is 0 Å². The Kier molecular flexibility index (Phi) is 9.71. The van der Waals surface area contributed by atoms with E-state index >= 15 is 0 Å². The molecule has 1 aliphatic rings. The van der Waals surface area contributed by atoms with E-state index in [0.717, 1.165) is 5.56 Å². The fourth-order valence-electron chi connectivity index (χ4n) is 5.48. The van der Waals surface area contributed by atoms with E-state index in [2.05, 4.69) is 38.9 Å². The predicted octanol–water partition coefficient (Wildman–Crippen LogP) is 3.92. The van der Waals surface area contributed by atoms with Gasteiger partial charge in [0.25, 0.3) is 0 Å². The number of nitrogens with zero attached hydrogens (tertiary/aromatic N) is 3. The van der Waals surface area contributed by atoms with Gasteiger partial charge >= 0.3 is 0 Å². The summed E-state index contributed by atoms with van der Waals surface area (Å²) < 4.78 is 40.3. The molecule has 1 atom stereocenters. The zero-order valence-corrected chi connectivity index (χ0v) is 25.1. The third-order valence-electron chi connectivity index (χ3n) is 7.65. The Balaban J connectivity index is 1.36. The number of sulfonamides is 1. The van der Waals surface area contributed by atoms with Crippen molar-refractivity contribution in [2.24, 2.45) is 0 Å². The summed E-state index contributed by atoms with van der Waals surface area (Å²) in [4.78, 5) is 22.2. The number of piperazine rings is 1. The largest absolute Gasteiger partial charge is 0.493 e. The molecule has 0 spiro atoms. The van der Waals surface area contributed by atoms with Crippen LogP contribution in [-0.2, 0) is 21.2 Å². The third kappa shape index (κ3) is 7.22. The fraction of sp³-hybridized carbons (Fsp3) is 0.273. The molecule has 5 rings (SSSR count). The molecule has 1 aliphatic heterocycles. The van der Waals surface area contributed by atoms with Crippen LogP contribution in [0.1, 0.15) is 22.7 Å². The van der Waals surface area contributed by atoms with E-state index < -0.39 is 16.1 Å². The summed E-state index contributed by atoms with van der Waals surface area (Å²) in [5.74, 6) is 0.415. The number of rotatable bonds is 11. The average molecular weight is 601 g/mol. The Morgan fingerprint density at radius 3 is 2.02 bits per heavy atom. The Morgan fingerprint density at radius 1 is 0.837 bits per heavy atom. The van der Waals surface area contributed by atoms with Crippen LogP contribution in [0.15, 0.2) is 108 Å². The number of hydrogen-bond donors (Lipinski definition) is 1. The number of nitrogens with one attached hydrogen (secondary N) is 1. The first-order chi connectivity index (χ1) is 20.9. The van der Waals surface area contributed by atoms with E-state index in [4.69, 9.17) is 9.47 Å². The van der Waals surface area contributed by atoms with Gasteiger partial charge in [-0.05, 0) is 41.3 Å². The zero-order chi connectivity index (χ0) is 30.2. The lowest BCUT2D eigenvalue weighted by molar-refractivity contribution is -0.135. The topological polar surface area (TPSA) is 101 Å². The maximum absolute atomic E-state index is 14.0. The number of methoxy groups -OCH3 is 2. The highest BCUT2D eigenvalue weighted by molar-refractivity contribution is 7.89. The normalized spacial score (nSPS) is 14.8. The average Bonchev–Trinajstić information content (AvgIpc) is 3.05. The van der Waals surface area contributed by atoms with Crippen molar-refractivity contribution in [3.8, 4) is 11.5 Å². The number of carbonyl (C=O) groups is 1. The lowest BCUT2D eigenvalue weighted by Crippen LogP contribution is -2.56. The predicted molar refractivity (Wildman–Crippen MR) is 164 cm³/mol. The monoisotopic (exact) mass is 600 g/mol. The molecule has 9 nitrogen and oxygen atoms in total. The van der Waals surface area contributed by atoms with E-state index in [-0.39, 0.29) is 29.0 Å². The quantitative estimate of drug-likeness (QED) is 0.279. The van der Waals surface area contributed by atoms with Crippen molar-refractivity contribution in [3.05, 3.63) is 120 Å². The van der Waals surface area contributed by atoms with Crippen LogP contribution in [0.4, 0.5) is 0 Å². The van der Waals surface area contributed by atoms with Crippen molar-refractivity contribution in [2.45, 2.75) is 23.4 Å². The van der Waals surface area contributed by atoms with Crippen molar-refractivity contribution in [2.75, 3.05) is 40.4 Å². The number of amides is 1. The maximum Gasteiger partial charge on any atom is 0.241 e. The second kappa shape index (κ2) is 13.8. The number of ether oxygens (including phenoxy) is 2. The molecule has 1 unspecified atom stereocenters. The summed E-state index contributed by atoms with van der Waals surface area (Å²) in [6.45, 7) is 2.22. The minimum atomic E-state index is -4.08. The zero-order valence-electron chi connectivity index (χ0n) is 24.3. The van der Waals surface area contributed by atoms with Gasteiger partial charge in [-0.15, -0.1) is 0 Å². The van der Waals surface area contributed by atoms with E-state index in [0.29, 0.717) is 31.9 Å². The van der Waals surface area contributed by atoms with Crippen LogP contribution in [0.5, 0.6) is 11.5 Å². The Morgan fingerprint density at radius 2 is 1.47 bits per heavy atom. The van der Waals surface area contributed by atoms with E-state index in [9.17, 15) is 13.2 Å². The van der Waals surface area contributed by atoms with E-state index in [1.807, 2.05) is 42.5 Å². The second-order valence-electron chi connectivity index (χ2n) is 10.3. The molecule has 224 valence electrons. The van der Waals surface area contributed by atoms with Gasteiger partial charge < -0.3 is 14.4 Å². The Labute approximate surface area is 253 Å². The first-order valence-corrected chi connectivity index (χ1v) is 15.6. The lowest BCUT2D eigenvalue weighted by atomic mass is 9.96. The second-order valence-corrected chi connectivity index (χ2v) is 12.1. The molecule has 1 N–H and O–H groups in total. The summed E-state index contributed by atoms with van der Waals surface area (Å²) >= 11 is 0. The van der Waals surface area contributed by atoms with Gasteiger partial charge in [-0.1, -0.05) is 66.7 Å². The summed E-state index contributed by atoms with van der Waals surface area (Å²) in [6, 6.07) is 27.7. The fourth-order valence-corrected chi connectivity index (χ4v) is 6.68. The highest BCUT2D eigenvalue weighted by Gasteiger charge is 2.33. The van der Waals surface area contributed by atoms with Gasteiger partial charge in [-0.2, -0.15) is 4.72 Å². The summed E-state index contributed by atoms with van der Waals surface area (Å²) in [6.07, 6.45) is 3.45. The van der Waals surface area contributed by atoms with Crippen LogP contribution >= 0.6 is 0 Å². The van der Waals surface area contributed by atoms with Crippen molar-refractivity contribution in [1.82, 2.24) is 19.5 Å². The molecule has 1 aromatic heterocycles. The molecule has 4 aromatic rings. The van der Waals surface area contributed by atoms with Crippen LogP contribution < -0.4 is 14.2 Å². The van der Waals surface area contributed by atoms with Gasteiger partial charge in [-0.25, -0.2) is 8.42 Å². The molecule has 0 aliphatic carbocycles. The molecule has 0 bridgehead atoms. The standard InChI is InChI=1S/C33H36N4O5S/c1-41-30-16-15-28(23-31(30)42-2)43(39,40)35-29(22-25-10-9-17-34-24-25)33(38)37-20-18-36(19-21-37)32(26-11-5-3-6-12-26)27-13-7-4-8-14-27/h3-17,23-24,29,32,35H,18-22H2,1-2H3. The molecular formula is C33H36N4O5S. The molecule has 1 amide bonds. The van der Waals surface area contributed by atoms with Gasteiger partial charge in [0.05, 0.1) is 25.2 Å². The molecule has 1 fully saturated rings. The van der Waals surface area contributed by atoms with Gasteiger partial charge in [0, 0.05) is 44.6 Å². The van der Waals surface area contributed by atoms with E-state index in [1.54, 1.807) is 23.4 Å². The summed E-state index contributed by atoms with van der Waals surface area (Å²) in [5, 5.41) is 0. The minimum Gasteiger partial charge on any atom is -0.493 e. The highest BCUT2D eigenvalue weighted by Crippen LogP contribution is 2.31. The first-order valence-electron chi connectivity index (χ1n) is 14.2. The van der Waals surface area contributed by atoms with Crippen LogP contribution in [-0.4, -0.2) is 75.5 Å². The number of hydrogen-bond acceptors (Lipinski definition) is 7. The highest BCUT2D eigenvalue weighted by atomic mass is 32.2. The van der Waals surface area contributed by atoms with Crippen molar-refractivity contribution < 1.29 is 22.7 Å². The number of aromatic nitrogens is 1. The summed E-state index contributed by atoms with van der Waals surface area (Å²) in [5.41, 5.74) is 3.12. The molecule has 0 radical (unpaired) electrons. The molecule has 43 heavy (non-hydrogen) atoms. The Hall–Kier alpha value is -4.25. The van der Waals surface area contributed by atoms with Crippen LogP contribution in [0.2, 0.25) is 0 Å². The molecule has 1 saturated heterocycles. The third-order valence-corrected chi connectivity index (χ3v) is 9.11. The van der Waals surface area contributed by atoms with Crippen molar-refractivity contribution in [1.29, 1.82) is 0 Å². The van der Waals surface area contributed by atoms with Gasteiger partial charge in [-0.3, -0.25) is 14.7 Å². The lowest BCUT2D eigenvalue weighted by Gasteiger charge is -2.40. The number of carbonyl (C=O) groups excluding carboxylic acids is 1. The molecule has 0 saturated carbocycles. The van der Waals surface area contributed by atoms with Gasteiger partial charge in [0.15, 0.2) is 11.5 Å². The first kappa shape index (κ1) is 30.2. The Bertz CT molecular complexity index is 1560. The molecule has 2 heterocycles. The van der Waals surface area contributed by atoms with Crippen molar-refractivity contribution in [3.63, 3.8) is 0 Å². The van der Waals surface area contributed by atoms with Crippen LogP contribution in [0.3, 0.4) is 0 Å². The van der Waals surface area contributed by atoms with Crippen LogP contribution in [0, 0.1) is 0 Å².